The third-order valence-corrected chi connectivity index (χ3v) is 5.23. The van der Waals surface area contributed by atoms with Crippen LogP contribution in [-0.2, 0) is 0 Å². The molecule has 0 saturated carbocycles. The van der Waals surface area contributed by atoms with Crippen molar-refractivity contribution >= 4 is 29.1 Å². The number of nitrogens with one attached hydrogen (secondary N) is 1. The molecule has 1 aliphatic rings. The van der Waals surface area contributed by atoms with Crippen LogP contribution in [0.5, 0.6) is 0 Å². The van der Waals surface area contributed by atoms with E-state index in [4.69, 9.17) is 16.0 Å². The normalized spacial score (nSPS) is 14.2. The van der Waals surface area contributed by atoms with Crippen LogP contribution in [0.3, 0.4) is 0 Å². The summed E-state index contributed by atoms with van der Waals surface area (Å²) in [6.07, 6.45) is 1.61. The molecule has 1 fully saturated rings. The zero-order chi connectivity index (χ0) is 19.5. The van der Waals surface area contributed by atoms with E-state index in [9.17, 15) is 4.79 Å². The average molecular weight is 398 g/mol. The maximum Gasteiger partial charge on any atom is 0.321 e. The first-order valence-corrected chi connectivity index (χ1v) is 9.43. The molecule has 4 rings (SSSR count). The molecule has 2 aromatic heterocycles. The zero-order valence-corrected chi connectivity index (χ0v) is 16.2. The minimum absolute atomic E-state index is 0.121. The van der Waals surface area contributed by atoms with Crippen LogP contribution in [-0.4, -0.2) is 47.3 Å². The van der Waals surface area contributed by atoms with Gasteiger partial charge >= 0.3 is 6.03 Å². The van der Waals surface area contributed by atoms with E-state index >= 15 is 0 Å². The number of piperazine rings is 1. The highest BCUT2D eigenvalue weighted by molar-refractivity contribution is 6.31. The number of carbonyl (C=O) groups is 1. The van der Waals surface area contributed by atoms with Crippen molar-refractivity contribution in [2.24, 2.45) is 0 Å². The Bertz CT molecular complexity index is 951. The molecule has 0 aliphatic carbocycles. The minimum atomic E-state index is -0.121. The molecule has 28 heavy (non-hydrogen) atoms. The second-order valence-electron chi connectivity index (χ2n) is 6.57. The third kappa shape index (κ3) is 3.80. The van der Waals surface area contributed by atoms with Crippen LogP contribution in [0.25, 0.3) is 11.5 Å². The standard InChI is InChI=1S/C20H20ClN5O2/c1-14-15(21)4-2-5-16(14)22-20(27)26-11-9-25(10-12-26)19-8-7-17(23-24-19)18-6-3-13-28-18/h2-8,13H,9-12H2,1H3,(H,22,27). The number of furan rings is 1. The van der Waals surface area contributed by atoms with Gasteiger partial charge in [0.1, 0.15) is 5.69 Å². The highest BCUT2D eigenvalue weighted by Gasteiger charge is 2.22. The van der Waals surface area contributed by atoms with Crippen molar-refractivity contribution in [3.63, 3.8) is 0 Å². The highest BCUT2D eigenvalue weighted by atomic mass is 35.5. The predicted octanol–water partition coefficient (Wildman–Crippen LogP) is 4.05. The van der Waals surface area contributed by atoms with Crippen LogP contribution in [0.1, 0.15) is 5.56 Å². The predicted molar refractivity (Wildman–Crippen MR) is 109 cm³/mol. The Hall–Kier alpha value is -3.06. The number of amides is 2. The van der Waals surface area contributed by atoms with Crippen LogP contribution in [0.4, 0.5) is 16.3 Å². The van der Waals surface area contributed by atoms with Gasteiger partial charge in [0.05, 0.1) is 6.26 Å². The lowest BCUT2D eigenvalue weighted by atomic mass is 10.2. The van der Waals surface area contributed by atoms with Gasteiger partial charge in [-0.05, 0) is 48.9 Å². The molecule has 0 unspecified atom stereocenters. The van der Waals surface area contributed by atoms with E-state index in [0.717, 1.165) is 17.1 Å². The molecule has 1 aromatic carbocycles. The second kappa shape index (κ2) is 7.90. The summed E-state index contributed by atoms with van der Waals surface area (Å²) in [6, 6.07) is 12.9. The summed E-state index contributed by atoms with van der Waals surface area (Å²) >= 11 is 6.12. The zero-order valence-electron chi connectivity index (χ0n) is 15.4. The fourth-order valence-corrected chi connectivity index (χ4v) is 3.30. The summed E-state index contributed by atoms with van der Waals surface area (Å²) in [5, 5.41) is 12.1. The molecule has 1 N–H and O–H groups in total. The lowest BCUT2D eigenvalue weighted by molar-refractivity contribution is 0.208. The monoisotopic (exact) mass is 397 g/mol. The quantitative estimate of drug-likeness (QED) is 0.721. The molecule has 7 nitrogen and oxygen atoms in total. The van der Waals surface area contributed by atoms with Crippen molar-refractivity contribution in [3.8, 4) is 11.5 Å². The fraction of sp³-hybridized carbons (Fsp3) is 0.250. The lowest BCUT2D eigenvalue weighted by Gasteiger charge is -2.35. The highest BCUT2D eigenvalue weighted by Crippen LogP contribution is 2.24. The number of anilines is 2. The number of hydrogen-bond acceptors (Lipinski definition) is 5. The molecule has 0 spiro atoms. The van der Waals surface area contributed by atoms with Gasteiger partial charge in [-0.25, -0.2) is 4.79 Å². The number of rotatable bonds is 3. The average Bonchev–Trinajstić information content (AvgIpc) is 3.26. The summed E-state index contributed by atoms with van der Waals surface area (Å²) in [5.74, 6) is 1.48. The molecule has 3 aromatic rings. The Balaban J connectivity index is 1.35. The van der Waals surface area contributed by atoms with Gasteiger partial charge in [0.25, 0.3) is 0 Å². The third-order valence-electron chi connectivity index (χ3n) is 4.82. The SMILES string of the molecule is Cc1c(Cl)cccc1NC(=O)N1CCN(c2ccc(-c3ccco3)nn2)CC1. The second-order valence-corrected chi connectivity index (χ2v) is 6.98. The van der Waals surface area contributed by atoms with Crippen molar-refractivity contribution in [2.75, 3.05) is 36.4 Å². The fourth-order valence-electron chi connectivity index (χ4n) is 3.13. The Kier molecular flexibility index (Phi) is 5.16. The molecule has 3 heterocycles. The molecule has 2 amide bonds. The summed E-state index contributed by atoms with van der Waals surface area (Å²) in [4.78, 5) is 16.5. The van der Waals surface area contributed by atoms with E-state index in [1.54, 1.807) is 11.2 Å². The van der Waals surface area contributed by atoms with E-state index in [1.165, 1.54) is 0 Å². The van der Waals surface area contributed by atoms with Gasteiger partial charge in [0.2, 0.25) is 0 Å². The van der Waals surface area contributed by atoms with Crippen LogP contribution in [0.2, 0.25) is 5.02 Å². The Morgan fingerprint density at radius 1 is 1.07 bits per heavy atom. The summed E-state index contributed by atoms with van der Waals surface area (Å²) < 4.78 is 5.33. The van der Waals surface area contributed by atoms with Gasteiger partial charge in [-0.15, -0.1) is 10.2 Å². The van der Waals surface area contributed by atoms with Crippen molar-refractivity contribution in [2.45, 2.75) is 6.92 Å². The van der Waals surface area contributed by atoms with Gasteiger partial charge in [0, 0.05) is 36.9 Å². The number of carbonyl (C=O) groups excluding carboxylic acids is 1. The number of urea groups is 1. The molecular weight excluding hydrogens is 378 g/mol. The Morgan fingerprint density at radius 2 is 1.89 bits per heavy atom. The first-order chi connectivity index (χ1) is 13.6. The Morgan fingerprint density at radius 3 is 2.57 bits per heavy atom. The molecule has 1 aliphatic heterocycles. The van der Waals surface area contributed by atoms with E-state index < -0.39 is 0 Å². The number of halogens is 1. The first kappa shape index (κ1) is 18.3. The molecule has 8 heteroatoms. The van der Waals surface area contributed by atoms with E-state index in [1.807, 2.05) is 49.4 Å². The number of benzene rings is 1. The van der Waals surface area contributed by atoms with Gasteiger partial charge in [-0.3, -0.25) is 0 Å². The van der Waals surface area contributed by atoms with Gasteiger partial charge in [0.15, 0.2) is 11.6 Å². The van der Waals surface area contributed by atoms with Crippen molar-refractivity contribution < 1.29 is 9.21 Å². The van der Waals surface area contributed by atoms with Crippen molar-refractivity contribution in [1.29, 1.82) is 0 Å². The Labute approximate surface area is 167 Å². The number of aromatic nitrogens is 2. The van der Waals surface area contributed by atoms with E-state index in [-0.39, 0.29) is 6.03 Å². The van der Waals surface area contributed by atoms with Crippen LogP contribution in [0.15, 0.2) is 53.1 Å². The van der Waals surface area contributed by atoms with Crippen LogP contribution < -0.4 is 10.2 Å². The summed E-state index contributed by atoms with van der Waals surface area (Å²) in [7, 11) is 0. The number of hydrogen-bond donors (Lipinski definition) is 1. The first-order valence-electron chi connectivity index (χ1n) is 9.05. The summed E-state index contributed by atoms with van der Waals surface area (Å²) in [6.45, 7) is 4.48. The van der Waals surface area contributed by atoms with E-state index in [2.05, 4.69) is 20.4 Å². The van der Waals surface area contributed by atoms with Crippen LogP contribution in [0, 0.1) is 6.92 Å². The lowest BCUT2D eigenvalue weighted by Crippen LogP contribution is -2.50. The topological polar surface area (TPSA) is 74.5 Å². The van der Waals surface area contributed by atoms with Crippen LogP contribution >= 0.6 is 11.6 Å². The van der Waals surface area contributed by atoms with E-state index in [0.29, 0.717) is 42.7 Å². The van der Waals surface area contributed by atoms with Gasteiger partial charge < -0.3 is 19.5 Å². The molecule has 0 bridgehead atoms. The molecular formula is C20H20ClN5O2. The smallest absolute Gasteiger partial charge is 0.321 e. The number of nitrogens with zero attached hydrogens (tertiary/aromatic N) is 4. The maximum atomic E-state index is 12.6. The molecule has 0 radical (unpaired) electrons. The molecule has 0 atom stereocenters. The van der Waals surface area contributed by atoms with Gasteiger partial charge in [-0.1, -0.05) is 17.7 Å². The minimum Gasteiger partial charge on any atom is -0.463 e. The van der Waals surface area contributed by atoms with Crippen molar-refractivity contribution in [3.05, 3.63) is 59.3 Å². The van der Waals surface area contributed by atoms with Gasteiger partial charge in [-0.2, -0.15) is 0 Å². The largest absolute Gasteiger partial charge is 0.463 e. The van der Waals surface area contributed by atoms with Crippen molar-refractivity contribution in [1.82, 2.24) is 15.1 Å². The summed E-state index contributed by atoms with van der Waals surface area (Å²) in [5.41, 5.74) is 2.30. The molecule has 1 saturated heterocycles. The maximum absolute atomic E-state index is 12.6. The molecule has 144 valence electrons.